The number of ketones is 1. The Bertz CT molecular complexity index is 398. The topological polar surface area (TPSA) is 37.3 Å². The largest absolute Gasteiger partial charge is 0.393 e. The molecule has 2 heteroatoms. The summed E-state index contributed by atoms with van der Waals surface area (Å²) >= 11 is 0. The van der Waals surface area contributed by atoms with Crippen molar-refractivity contribution in [1.29, 1.82) is 0 Å². The number of allylic oxidation sites excluding steroid dienone is 2. The molecule has 0 aromatic heterocycles. The zero-order chi connectivity index (χ0) is 12.9. The SMILES string of the molecule is CC1=CC[C@H]2[C@@H](CC[C@H]3C[C@@H](O)CC[C@@]32C)C1=O. The Hall–Kier alpha value is -0.630. The highest BCUT2D eigenvalue weighted by Gasteiger charge is 2.52. The molecule has 2 saturated carbocycles. The van der Waals surface area contributed by atoms with Gasteiger partial charge in [-0.25, -0.2) is 0 Å². The molecule has 0 radical (unpaired) electrons. The molecule has 3 aliphatic rings. The van der Waals surface area contributed by atoms with E-state index in [2.05, 4.69) is 13.0 Å². The molecule has 100 valence electrons. The van der Waals surface area contributed by atoms with Crippen LogP contribution in [-0.2, 0) is 4.79 Å². The number of hydrogen-bond acceptors (Lipinski definition) is 2. The highest BCUT2D eigenvalue weighted by atomic mass is 16.3. The second kappa shape index (κ2) is 4.19. The average molecular weight is 248 g/mol. The molecule has 3 aliphatic carbocycles. The molecule has 1 N–H and O–H groups in total. The van der Waals surface area contributed by atoms with Crippen molar-refractivity contribution < 1.29 is 9.90 Å². The predicted molar refractivity (Wildman–Crippen MR) is 71.0 cm³/mol. The van der Waals surface area contributed by atoms with Crippen LogP contribution < -0.4 is 0 Å². The van der Waals surface area contributed by atoms with E-state index in [1.807, 2.05) is 6.92 Å². The molecule has 2 nitrogen and oxygen atoms in total. The molecule has 18 heavy (non-hydrogen) atoms. The highest BCUT2D eigenvalue weighted by molar-refractivity contribution is 5.97. The van der Waals surface area contributed by atoms with Crippen LogP contribution in [0.4, 0.5) is 0 Å². The van der Waals surface area contributed by atoms with E-state index in [1.54, 1.807) is 0 Å². The van der Waals surface area contributed by atoms with E-state index < -0.39 is 0 Å². The van der Waals surface area contributed by atoms with Gasteiger partial charge in [0.1, 0.15) is 0 Å². The number of carbonyl (C=O) groups excluding carboxylic acids is 1. The quantitative estimate of drug-likeness (QED) is 0.715. The summed E-state index contributed by atoms with van der Waals surface area (Å²) in [6.07, 6.45) is 8.28. The van der Waals surface area contributed by atoms with Gasteiger partial charge in [0, 0.05) is 5.92 Å². The van der Waals surface area contributed by atoms with E-state index in [0.717, 1.165) is 44.1 Å². The number of Topliss-reactive ketones (excluding diaryl/α,β-unsaturated/α-hetero) is 1. The standard InChI is InChI=1S/C16H24O2/c1-10-3-6-14-13(15(10)18)5-4-11-9-12(17)7-8-16(11,14)2/h3,11-14,17H,4-9H2,1-2H3/t11-,12-,13+,14-,16-/m0/s1. The van der Waals surface area contributed by atoms with Gasteiger partial charge >= 0.3 is 0 Å². The number of fused-ring (bicyclic) bond motifs is 3. The van der Waals surface area contributed by atoms with Gasteiger partial charge in [0.05, 0.1) is 6.10 Å². The first-order chi connectivity index (χ1) is 8.52. The van der Waals surface area contributed by atoms with E-state index in [9.17, 15) is 9.90 Å². The molecule has 2 fully saturated rings. The second-order valence-electron chi connectivity index (χ2n) is 6.91. The van der Waals surface area contributed by atoms with E-state index in [0.29, 0.717) is 17.6 Å². The summed E-state index contributed by atoms with van der Waals surface area (Å²) in [6, 6.07) is 0. The zero-order valence-electron chi connectivity index (χ0n) is 11.5. The summed E-state index contributed by atoms with van der Waals surface area (Å²) in [4.78, 5) is 12.3. The van der Waals surface area contributed by atoms with Crippen LogP contribution in [-0.4, -0.2) is 17.0 Å². The number of aliphatic hydroxyl groups is 1. The van der Waals surface area contributed by atoms with Gasteiger partial charge in [0.2, 0.25) is 0 Å². The van der Waals surface area contributed by atoms with Crippen LogP contribution >= 0.6 is 0 Å². The van der Waals surface area contributed by atoms with E-state index in [-0.39, 0.29) is 17.4 Å². The molecule has 5 atom stereocenters. The minimum atomic E-state index is -0.101. The lowest BCUT2D eigenvalue weighted by molar-refractivity contribution is -0.132. The summed E-state index contributed by atoms with van der Waals surface area (Å²) in [5, 5.41) is 9.87. The van der Waals surface area contributed by atoms with Crippen molar-refractivity contribution >= 4 is 5.78 Å². The lowest BCUT2D eigenvalue weighted by Crippen LogP contribution is -2.50. The molecule has 0 spiro atoms. The maximum Gasteiger partial charge on any atom is 0.161 e. The van der Waals surface area contributed by atoms with Crippen LogP contribution in [0.3, 0.4) is 0 Å². The Balaban J connectivity index is 1.91. The third kappa shape index (κ3) is 1.69. The van der Waals surface area contributed by atoms with Crippen LogP contribution in [0.2, 0.25) is 0 Å². The van der Waals surface area contributed by atoms with Crippen molar-refractivity contribution in [2.75, 3.05) is 0 Å². The first kappa shape index (κ1) is 12.4. The van der Waals surface area contributed by atoms with Gasteiger partial charge in [-0.2, -0.15) is 0 Å². The number of carbonyl (C=O) groups is 1. The van der Waals surface area contributed by atoms with E-state index >= 15 is 0 Å². The van der Waals surface area contributed by atoms with E-state index in [1.165, 1.54) is 0 Å². The summed E-state index contributed by atoms with van der Waals surface area (Å²) in [5.41, 5.74) is 1.27. The Morgan fingerprint density at radius 1 is 1.33 bits per heavy atom. The van der Waals surface area contributed by atoms with Crippen molar-refractivity contribution in [2.45, 2.75) is 58.5 Å². The molecular formula is C16H24O2. The molecule has 0 aromatic carbocycles. The maximum atomic E-state index is 12.3. The summed E-state index contributed by atoms with van der Waals surface area (Å²) in [6.45, 7) is 4.35. The van der Waals surface area contributed by atoms with Gasteiger partial charge in [-0.3, -0.25) is 4.79 Å². The fourth-order valence-corrected chi connectivity index (χ4v) is 4.82. The second-order valence-corrected chi connectivity index (χ2v) is 6.91. The van der Waals surface area contributed by atoms with Crippen molar-refractivity contribution in [3.05, 3.63) is 11.6 Å². The lowest BCUT2D eigenvalue weighted by Gasteiger charge is -2.55. The number of rotatable bonds is 0. The van der Waals surface area contributed by atoms with Crippen molar-refractivity contribution in [1.82, 2.24) is 0 Å². The first-order valence-electron chi connectivity index (χ1n) is 7.41. The van der Waals surface area contributed by atoms with Crippen LogP contribution in [0, 0.1) is 23.2 Å². The minimum absolute atomic E-state index is 0.101. The van der Waals surface area contributed by atoms with Crippen LogP contribution in [0.25, 0.3) is 0 Å². The Kier molecular flexibility index (Phi) is 2.89. The van der Waals surface area contributed by atoms with Gasteiger partial charge in [0.25, 0.3) is 0 Å². The highest BCUT2D eigenvalue weighted by Crippen LogP contribution is 2.57. The van der Waals surface area contributed by atoms with Gasteiger partial charge in [-0.15, -0.1) is 0 Å². The van der Waals surface area contributed by atoms with Gasteiger partial charge in [0.15, 0.2) is 5.78 Å². The Labute approximate surface area is 109 Å². The minimum Gasteiger partial charge on any atom is -0.393 e. The molecule has 0 aliphatic heterocycles. The van der Waals surface area contributed by atoms with Crippen molar-refractivity contribution in [2.24, 2.45) is 23.2 Å². The summed E-state index contributed by atoms with van der Waals surface area (Å²) in [7, 11) is 0. The first-order valence-corrected chi connectivity index (χ1v) is 7.41. The van der Waals surface area contributed by atoms with Crippen molar-refractivity contribution in [3.8, 4) is 0 Å². The van der Waals surface area contributed by atoms with Crippen LogP contribution in [0.1, 0.15) is 52.4 Å². The van der Waals surface area contributed by atoms with Gasteiger partial charge in [-0.05, 0) is 68.3 Å². The smallest absolute Gasteiger partial charge is 0.161 e. The average Bonchev–Trinajstić information content (AvgIpc) is 2.34. The number of hydrogen-bond donors (Lipinski definition) is 1. The third-order valence-corrected chi connectivity index (χ3v) is 6.07. The Morgan fingerprint density at radius 2 is 2.11 bits per heavy atom. The van der Waals surface area contributed by atoms with Crippen LogP contribution in [0.5, 0.6) is 0 Å². The molecule has 0 saturated heterocycles. The lowest BCUT2D eigenvalue weighted by atomic mass is 9.50. The third-order valence-electron chi connectivity index (χ3n) is 6.07. The zero-order valence-corrected chi connectivity index (χ0v) is 11.5. The molecule has 0 unspecified atom stereocenters. The van der Waals surface area contributed by atoms with Gasteiger partial charge in [-0.1, -0.05) is 13.0 Å². The molecule has 0 aromatic rings. The summed E-state index contributed by atoms with van der Waals surface area (Å²) < 4.78 is 0. The normalized spacial score (nSPS) is 48.2. The fourth-order valence-electron chi connectivity index (χ4n) is 4.82. The molecular weight excluding hydrogens is 224 g/mol. The van der Waals surface area contributed by atoms with Crippen LogP contribution in [0.15, 0.2) is 11.6 Å². The fraction of sp³-hybridized carbons (Fsp3) is 0.812. The molecule has 0 amide bonds. The van der Waals surface area contributed by atoms with Crippen molar-refractivity contribution in [3.63, 3.8) is 0 Å². The van der Waals surface area contributed by atoms with E-state index in [4.69, 9.17) is 0 Å². The maximum absolute atomic E-state index is 12.3. The summed E-state index contributed by atoms with van der Waals surface area (Å²) in [5.74, 6) is 1.82. The predicted octanol–water partition coefficient (Wildman–Crippen LogP) is 3.10. The molecule has 0 bridgehead atoms. The monoisotopic (exact) mass is 248 g/mol. The molecule has 0 heterocycles. The van der Waals surface area contributed by atoms with Gasteiger partial charge < -0.3 is 5.11 Å². The Morgan fingerprint density at radius 3 is 2.89 bits per heavy atom. The molecule has 3 rings (SSSR count). The number of aliphatic hydroxyl groups excluding tert-OH is 1.